The van der Waals surface area contributed by atoms with E-state index in [1.54, 1.807) is 6.07 Å². The van der Waals surface area contributed by atoms with Gasteiger partial charge in [0.2, 0.25) is 0 Å². The second kappa shape index (κ2) is 4.64. The smallest absolute Gasteiger partial charge is 0.307 e. The molecule has 5 heteroatoms. The highest BCUT2D eigenvalue weighted by Gasteiger charge is 2.41. The molecule has 0 spiro atoms. The molecule has 0 atom stereocenters. The fourth-order valence-electron chi connectivity index (χ4n) is 2.00. The van der Waals surface area contributed by atoms with Gasteiger partial charge in [-0.3, -0.25) is 4.79 Å². The highest BCUT2D eigenvalue weighted by atomic mass is 79.9. The highest BCUT2D eigenvalue weighted by molar-refractivity contribution is 9.10. The lowest BCUT2D eigenvalue weighted by Gasteiger charge is -2.40. The SMILES string of the molecule is O=C(O)CC1(Oc2cc(F)cc(Br)c2)CCC1. The van der Waals surface area contributed by atoms with Gasteiger partial charge in [0.05, 0.1) is 6.42 Å². The topological polar surface area (TPSA) is 46.5 Å². The molecule has 1 N–H and O–H groups in total. The van der Waals surface area contributed by atoms with Gasteiger partial charge in [-0.15, -0.1) is 0 Å². The minimum atomic E-state index is -0.889. The first-order valence-corrected chi connectivity index (χ1v) is 6.15. The predicted octanol–water partition coefficient (Wildman–Crippen LogP) is 3.36. The first-order valence-electron chi connectivity index (χ1n) is 5.36. The number of aliphatic carboxylic acids is 1. The minimum absolute atomic E-state index is 0.0405. The van der Waals surface area contributed by atoms with Crippen molar-refractivity contribution in [2.45, 2.75) is 31.3 Å². The molecule has 2 rings (SSSR count). The van der Waals surface area contributed by atoms with Gasteiger partial charge in [0, 0.05) is 10.5 Å². The van der Waals surface area contributed by atoms with Gasteiger partial charge in [-0.05, 0) is 31.4 Å². The Kier molecular flexibility index (Phi) is 3.38. The summed E-state index contributed by atoms with van der Waals surface area (Å²) in [4.78, 5) is 10.8. The lowest BCUT2D eigenvalue weighted by atomic mass is 9.77. The van der Waals surface area contributed by atoms with E-state index in [0.29, 0.717) is 23.1 Å². The first kappa shape index (κ1) is 12.4. The molecule has 1 aromatic rings. The number of benzene rings is 1. The molecule has 0 amide bonds. The Balaban J connectivity index is 2.15. The summed E-state index contributed by atoms with van der Waals surface area (Å²) in [7, 11) is 0. The maximum Gasteiger partial charge on any atom is 0.307 e. The van der Waals surface area contributed by atoms with Gasteiger partial charge in [0.15, 0.2) is 0 Å². The van der Waals surface area contributed by atoms with E-state index in [1.807, 2.05) is 0 Å². The summed E-state index contributed by atoms with van der Waals surface area (Å²) < 4.78 is 19.4. The summed E-state index contributed by atoms with van der Waals surface area (Å²) in [6, 6.07) is 4.25. The quantitative estimate of drug-likeness (QED) is 0.927. The molecule has 0 saturated heterocycles. The highest BCUT2D eigenvalue weighted by Crippen LogP contribution is 2.40. The average molecular weight is 303 g/mol. The zero-order valence-corrected chi connectivity index (χ0v) is 10.7. The second-order valence-corrected chi connectivity index (χ2v) is 5.23. The van der Waals surface area contributed by atoms with Gasteiger partial charge >= 0.3 is 5.97 Å². The summed E-state index contributed by atoms with van der Waals surface area (Å²) in [5.41, 5.74) is -0.654. The van der Waals surface area contributed by atoms with E-state index in [2.05, 4.69) is 15.9 Å². The molecule has 92 valence electrons. The monoisotopic (exact) mass is 302 g/mol. The van der Waals surface area contributed by atoms with Crippen LogP contribution in [0.25, 0.3) is 0 Å². The van der Waals surface area contributed by atoms with Crippen molar-refractivity contribution >= 4 is 21.9 Å². The van der Waals surface area contributed by atoms with Crippen molar-refractivity contribution in [3.63, 3.8) is 0 Å². The van der Waals surface area contributed by atoms with Crippen LogP contribution in [0, 0.1) is 5.82 Å². The molecule has 0 unspecified atom stereocenters. The fourth-order valence-corrected chi connectivity index (χ4v) is 2.44. The molecule has 1 fully saturated rings. The van der Waals surface area contributed by atoms with Crippen LogP contribution in [0.15, 0.2) is 22.7 Å². The molecule has 17 heavy (non-hydrogen) atoms. The van der Waals surface area contributed by atoms with E-state index >= 15 is 0 Å². The largest absolute Gasteiger partial charge is 0.487 e. The third-order valence-corrected chi connectivity index (χ3v) is 3.37. The van der Waals surface area contributed by atoms with Crippen molar-refractivity contribution in [2.24, 2.45) is 0 Å². The summed E-state index contributed by atoms with van der Waals surface area (Å²) in [6.45, 7) is 0. The van der Waals surface area contributed by atoms with E-state index in [9.17, 15) is 9.18 Å². The van der Waals surface area contributed by atoms with Crippen LogP contribution in [-0.4, -0.2) is 16.7 Å². The zero-order chi connectivity index (χ0) is 12.5. The molecule has 0 radical (unpaired) electrons. The van der Waals surface area contributed by atoms with Gasteiger partial charge in [-0.25, -0.2) is 4.39 Å². The molecule has 0 heterocycles. The molecule has 1 aliphatic rings. The number of hydrogen-bond donors (Lipinski definition) is 1. The van der Waals surface area contributed by atoms with E-state index < -0.39 is 17.4 Å². The Morgan fingerprint density at radius 3 is 2.65 bits per heavy atom. The number of carboxylic acid groups (broad SMARTS) is 1. The van der Waals surface area contributed by atoms with Gasteiger partial charge in [-0.2, -0.15) is 0 Å². The summed E-state index contributed by atoms with van der Waals surface area (Å²) >= 11 is 3.17. The molecular formula is C12H12BrFO3. The summed E-state index contributed by atoms with van der Waals surface area (Å²) in [5.74, 6) is -0.919. The van der Waals surface area contributed by atoms with Crippen LogP contribution >= 0.6 is 15.9 Å². The predicted molar refractivity (Wildman–Crippen MR) is 63.6 cm³/mol. The number of carboxylic acids is 1. The molecule has 1 saturated carbocycles. The standard InChI is InChI=1S/C12H12BrFO3/c13-8-4-9(14)6-10(5-8)17-12(2-1-3-12)7-11(15)16/h4-6H,1-3,7H2,(H,15,16). The van der Waals surface area contributed by atoms with Crippen molar-refractivity contribution in [1.29, 1.82) is 0 Å². The van der Waals surface area contributed by atoms with Crippen molar-refractivity contribution in [3.05, 3.63) is 28.5 Å². The van der Waals surface area contributed by atoms with Crippen LogP contribution in [0.5, 0.6) is 5.75 Å². The molecule has 0 bridgehead atoms. The van der Waals surface area contributed by atoms with E-state index in [0.717, 1.165) is 6.42 Å². The minimum Gasteiger partial charge on any atom is -0.487 e. The Morgan fingerprint density at radius 1 is 1.47 bits per heavy atom. The lowest BCUT2D eigenvalue weighted by molar-refractivity contribution is -0.144. The van der Waals surface area contributed by atoms with Gasteiger partial charge < -0.3 is 9.84 Å². The Bertz CT molecular complexity index is 423. The second-order valence-electron chi connectivity index (χ2n) is 4.31. The molecular weight excluding hydrogens is 291 g/mol. The summed E-state index contributed by atoms with van der Waals surface area (Å²) in [6.07, 6.45) is 2.31. The number of hydrogen-bond acceptors (Lipinski definition) is 2. The van der Waals surface area contributed by atoms with Gasteiger partial charge in [-0.1, -0.05) is 15.9 Å². The Hall–Kier alpha value is -1.10. The number of halogens is 2. The van der Waals surface area contributed by atoms with E-state index in [1.165, 1.54) is 12.1 Å². The molecule has 0 aromatic heterocycles. The van der Waals surface area contributed by atoms with E-state index in [4.69, 9.17) is 9.84 Å². The fraction of sp³-hybridized carbons (Fsp3) is 0.417. The van der Waals surface area contributed by atoms with Crippen LogP contribution in [0.4, 0.5) is 4.39 Å². The Labute approximate surface area is 107 Å². The third kappa shape index (κ3) is 2.97. The lowest BCUT2D eigenvalue weighted by Crippen LogP contribution is -2.45. The van der Waals surface area contributed by atoms with Crippen LogP contribution < -0.4 is 4.74 Å². The molecule has 1 aromatic carbocycles. The zero-order valence-electron chi connectivity index (χ0n) is 9.08. The van der Waals surface area contributed by atoms with E-state index in [-0.39, 0.29) is 6.42 Å². The van der Waals surface area contributed by atoms with Crippen molar-refractivity contribution in [2.75, 3.05) is 0 Å². The van der Waals surface area contributed by atoms with Crippen LogP contribution in [0.3, 0.4) is 0 Å². The molecule has 3 nitrogen and oxygen atoms in total. The first-order chi connectivity index (χ1) is 7.99. The number of rotatable bonds is 4. The van der Waals surface area contributed by atoms with Crippen molar-refractivity contribution < 1.29 is 19.0 Å². The number of carbonyl (C=O) groups is 1. The van der Waals surface area contributed by atoms with Crippen LogP contribution in [0.1, 0.15) is 25.7 Å². The normalized spacial score (nSPS) is 17.3. The van der Waals surface area contributed by atoms with Gasteiger partial charge in [0.25, 0.3) is 0 Å². The maximum absolute atomic E-state index is 13.2. The van der Waals surface area contributed by atoms with Crippen LogP contribution in [0.2, 0.25) is 0 Å². The van der Waals surface area contributed by atoms with Crippen molar-refractivity contribution in [3.8, 4) is 5.75 Å². The maximum atomic E-state index is 13.2. The van der Waals surface area contributed by atoms with Crippen molar-refractivity contribution in [1.82, 2.24) is 0 Å². The van der Waals surface area contributed by atoms with Crippen LogP contribution in [-0.2, 0) is 4.79 Å². The molecule has 1 aliphatic carbocycles. The third-order valence-electron chi connectivity index (χ3n) is 2.91. The molecule has 0 aliphatic heterocycles. The average Bonchev–Trinajstić information content (AvgIpc) is 2.11. The summed E-state index contributed by atoms with van der Waals surface area (Å²) in [5, 5.41) is 8.84. The Morgan fingerprint density at radius 2 is 2.18 bits per heavy atom. The van der Waals surface area contributed by atoms with Gasteiger partial charge in [0.1, 0.15) is 17.2 Å². The number of ether oxygens (including phenoxy) is 1.